The Hall–Kier alpha value is -0.420. The fourth-order valence-corrected chi connectivity index (χ4v) is 1.77. The van der Waals surface area contributed by atoms with Gasteiger partial charge in [-0.15, -0.1) is 0 Å². The molecular formula is C7H5Br2NO2. The summed E-state index contributed by atoms with van der Waals surface area (Å²) in [6.45, 7) is 1.81. The molecule has 0 saturated carbocycles. The summed E-state index contributed by atoms with van der Waals surface area (Å²) >= 11 is 6.34. The molecule has 0 atom stereocenters. The number of nitro benzene ring substituents is 1. The summed E-state index contributed by atoms with van der Waals surface area (Å²) in [6, 6.07) is 3.29. The van der Waals surface area contributed by atoms with E-state index in [4.69, 9.17) is 0 Å². The Kier molecular flexibility index (Phi) is 2.85. The molecule has 0 radical (unpaired) electrons. The summed E-state index contributed by atoms with van der Waals surface area (Å²) in [5.74, 6) is 0. The molecule has 64 valence electrons. The molecule has 12 heavy (non-hydrogen) atoms. The third-order valence-electron chi connectivity index (χ3n) is 1.40. The van der Waals surface area contributed by atoms with Crippen molar-refractivity contribution in [3.63, 3.8) is 0 Å². The maximum atomic E-state index is 10.5. The number of nitrogens with zero attached hydrogens (tertiary/aromatic N) is 1. The van der Waals surface area contributed by atoms with Gasteiger partial charge < -0.3 is 0 Å². The van der Waals surface area contributed by atoms with Crippen molar-refractivity contribution in [1.82, 2.24) is 0 Å². The lowest BCUT2D eigenvalue weighted by molar-refractivity contribution is -0.385. The summed E-state index contributed by atoms with van der Waals surface area (Å²) in [5.41, 5.74) is 0.929. The van der Waals surface area contributed by atoms with E-state index >= 15 is 0 Å². The van der Waals surface area contributed by atoms with Gasteiger partial charge in [-0.05, 0) is 34.5 Å². The van der Waals surface area contributed by atoms with Gasteiger partial charge in [-0.25, -0.2) is 0 Å². The molecule has 0 aliphatic carbocycles. The van der Waals surface area contributed by atoms with Crippen molar-refractivity contribution in [2.45, 2.75) is 6.92 Å². The van der Waals surface area contributed by atoms with Crippen molar-refractivity contribution < 1.29 is 4.92 Å². The van der Waals surface area contributed by atoms with Gasteiger partial charge in [0.15, 0.2) is 0 Å². The Morgan fingerprint density at radius 3 is 2.50 bits per heavy atom. The van der Waals surface area contributed by atoms with Gasteiger partial charge in [0, 0.05) is 10.5 Å². The fraction of sp³-hybridized carbons (Fsp3) is 0.143. The van der Waals surface area contributed by atoms with Crippen LogP contribution in [0.25, 0.3) is 0 Å². The van der Waals surface area contributed by atoms with Gasteiger partial charge in [0.05, 0.1) is 9.40 Å². The van der Waals surface area contributed by atoms with Crippen LogP contribution in [-0.2, 0) is 0 Å². The van der Waals surface area contributed by atoms with Gasteiger partial charge >= 0.3 is 0 Å². The van der Waals surface area contributed by atoms with Crippen LogP contribution in [-0.4, -0.2) is 4.92 Å². The molecule has 0 heterocycles. The second-order valence-electron chi connectivity index (χ2n) is 2.31. The van der Waals surface area contributed by atoms with Crippen molar-refractivity contribution in [3.8, 4) is 0 Å². The lowest BCUT2D eigenvalue weighted by Crippen LogP contribution is -1.91. The number of benzene rings is 1. The van der Waals surface area contributed by atoms with Crippen LogP contribution in [0.4, 0.5) is 5.69 Å². The third-order valence-corrected chi connectivity index (χ3v) is 2.89. The maximum Gasteiger partial charge on any atom is 0.284 e. The average molecular weight is 295 g/mol. The summed E-state index contributed by atoms with van der Waals surface area (Å²) in [7, 11) is 0. The zero-order chi connectivity index (χ0) is 9.30. The van der Waals surface area contributed by atoms with Crippen LogP contribution in [0.5, 0.6) is 0 Å². The first-order chi connectivity index (χ1) is 5.52. The number of nitro groups is 1. The smallest absolute Gasteiger partial charge is 0.258 e. The molecule has 0 aliphatic heterocycles. The zero-order valence-electron chi connectivity index (χ0n) is 6.17. The summed E-state index contributed by atoms with van der Waals surface area (Å²) < 4.78 is 1.26. The molecule has 5 heteroatoms. The van der Waals surface area contributed by atoms with Gasteiger partial charge in [0.1, 0.15) is 0 Å². The lowest BCUT2D eigenvalue weighted by Gasteiger charge is -1.99. The van der Waals surface area contributed by atoms with E-state index in [0.717, 1.165) is 10.0 Å². The highest BCUT2D eigenvalue weighted by Crippen LogP contribution is 2.31. The predicted molar refractivity (Wildman–Crippen MR) is 53.2 cm³/mol. The Morgan fingerprint density at radius 2 is 2.00 bits per heavy atom. The van der Waals surface area contributed by atoms with E-state index in [2.05, 4.69) is 31.9 Å². The van der Waals surface area contributed by atoms with E-state index in [-0.39, 0.29) is 5.69 Å². The Balaban J connectivity index is 3.37. The molecular weight excluding hydrogens is 290 g/mol. The minimum Gasteiger partial charge on any atom is -0.258 e. The molecule has 0 aliphatic rings. The minimum absolute atomic E-state index is 0.0851. The number of rotatable bonds is 1. The molecule has 0 aromatic heterocycles. The van der Waals surface area contributed by atoms with Crippen LogP contribution in [0.1, 0.15) is 5.56 Å². The number of hydrogen-bond donors (Lipinski definition) is 0. The van der Waals surface area contributed by atoms with Gasteiger partial charge in [-0.3, -0.25) is 10.1 Å². The van der Waals surface area contributed by atoms with E-state index in [1.807, 2.05) is 13.0 Å². The SMILES string of the molecule is Cc1cc(Br)cc([N+](=O)[O-])c1Br. The minimum atomic E-state index is -0.415. The van der Waals surface area contributed by atoms with Gasteiger partial charge in [0.2, 0.25) is 0 Å². The second kappa shape index (κ2) is 3.53. The standard InChI is InChI=1S/C7H5Br2NO2/c1-4-2-5(8)3-6(7(4)9)10(11)12/h2-3H,1H3. The third kappa shape index (κ3) is 1.84. The average Bonchev–Trinajstić information content (AvgIpc) is 1.96. The number of aryl methyl sites for hydroxylation is 1. The molecule has 1 aromatic carbocycles. The van der Waals surface area contributed by atoms with Crippen LogP contribution < -0.4 is 0 Å². The molecule has 0 bridgehead atoms. The first-order valence-corrected chi connectivity index (χ1v) is 4.71. The summed E-state index contributed by atoms with van der Waals surface area (Å²) in [6.07, 6.45) is 0. The van der Waals surface area contributed by atoms with Crippen LogP contribution in [0.15, 0.2) is 21.1 Å². The van der Waals surface area contributed by atoms with Crippen molar-refractivity contribution in [2.75, 3.05) is 0 Å². The van der Waals surface area contributed by atoms with E-state index in [1.165, 1.54) is 6.07 Å². The van der Waals surface area contributed by atoms with Crippen LogP contribution in [0.2, 0.25) is 0 Å². The maximum absolute atomic E-state index is 10.5. The highest BCUT2D eigenvalue weighted by atomic mass is 79.9. The van der Waals surface area contributed by atoms with E-state index in [9.17, 15) is 10.1 Å². The first kappa shape index (κ1) is 9.67. The lowest BCUT2D eigenvalue weighted by atomic mass is 10.2. The Bertz CT molecular complexity index is 338. The van der Waals surface area contributed by atoms with Crippen LogP contribution in [0.3, 0.4) is 0 Å². The predicted octanol–water partition coefficient (Wildman–Crippen LogP) is 3.43. The van der Waals surface area contributed by atoms with Crippen molar-refractivity contribution in [1.29, 1.82) is 0 Å². The topological polar surface area (TPSA) is 43.1 Å². The van der Waals surface area contributed by atoms with E-state index in [1.54, 1.807) is 0 Å². The molecule has 0 amide bonds. The Labute approximate surface area is 86.2 Å². The molecule has 0 spiro atoms. The molecule has 0 unspecified atom stereocenters. The first-order valence-electron chi connectivity index (χ1n) is 3.12. The van der Waals surface area contributed by atoms with E-state index in [0.29, 0.717) is 4.47 Å². The molecule has 1 rings (SSSR count). The molecule has 0 fully saturated rings. The number of halogens is 2. The normalized spacial score (nSPS) is 9.92. The van der Waals surface area contributed by atoms with Gasteiger partial charge in [0.25, 0.3) is 5.69 Å². The van der Waals surface area contributed by atoms with Gasteiger partial charge in [-0.1, -0.05) is 15.9 Å². The zero-order valence-corrected chi connectivity index (χ0v) is 9.35. The van der Waals surface area contributed by atoms with Crippen molar-refractivity contribution in [3.05, 3.63) is 36.8 Å². The number of hydrogen-bond acceptors (Lipinski definition) is 2. The molecule has 0 saturated heterocycles. The highest BCUT2D eigenvalue weighted by Gasteiger charge is 2.14. The van der Waals surface area contributed by atoms with E-state index < -0.39 is 4.92 Å². The molecule has 3 nitrogen and oxygen atoms in total. The molecule has 1 aromatic rings. The monoisotopic (exact) mass is 293 g/mol. The van der Waals surface area contributed by atoms with Crippen molar-refractivity contribution >= 4 is 37.5 Å². The summed E-state index contributed by atoms with van der Waals surface area (Å²) in [4.78, 5) is 10.1. The summed E-state index contributed by atoms with van der Waals surface area (Å²) in [5, 5.41) is 10.5. The Morgan fingerprint density at radius 1 is 1.42 bits per heavy atom. The molecule has 0 N–H and O–H groups in total. The second-order valence-corrected chi connectivity index (χ2v) is 4.02. The quantitative estimate of drug-likeness (QED) is 0.588. The van der Waals surface area contributed by atoms with Crippen LogP contribution in [0, 0.1) is 17.0 Å². The van der Waals surface area contributed by atoms with Crippen molar-refractivity contribution in [2.24, 2.45) is 0 Å². The van der Waals surface area contributed by atoms with Crippen LogP contribution >= 0.6 is 31.9 Å². The largest absolute Gasteiger partial charge is 0.284 e. The highest BCUT2D eigenvalue weighted by molar-refractivity contribution is 9.11. The fourth-order valence-electron chi connectivity index (χ4n) is 0.841. The van der Waals surface area contributed by atoms with Gasteiger partial charge in [-0.2, -0.15) is 0 Å².